The number of likely N-dealkylation sites (tertiary alicyclic amines) is 1. The summed E-state index contributed by atoms with van der Waals surface area (Å²) < 4.78 is 6.31. The molecule has 3 rings (SSSR count). The van der Waals surface area contributed by atoms with E-state index in [1.165, 1.54) is 32.1 Å². The predicted molar refractivity (Wildman–Crippen MR) is 99.4 cm³/mol. The molecule has 1 heterocycles. The van der Waals surface area contributed by atoms with Crippen LogP contribution in [-0.2, 0) is 9.53 Å². The summed E-state index contributed by atoms with van der Waals surface area (Å²) in [6, 6.07) is 0. The van der Waals surface area contributed by atoms with Crippen molar-refractivity contribution in [3.8, 4) is 0 Å². The van der Waals surface area contributed by atoms with Crippen molar-refractivity contribution in [2.75, 3.05) is 13.1 Å². The van der Waals surface area contributed by atoms with Crippen molar-refractivity contribution < 1.29 is 9.53 Å². The number of piperidine rings is 1. The van der Waals surface area contributed by atoms with Crippen LogP contribution in [0, 0.1) is 5.92 Å². The summed E-state index contributed by atoms with van der Waals surface area (Å²) in [6.45, 7) is 3.99. The van der Waals surface area contributed by atoms with Crippen LogP contribution in [0.5, 0.6) is 0 Å². The number of hydrogen-bond acceptors (Lipinski definition) is 3. The Kier molecular flexibility index (Phi) is 7.39. The van der Waals surface area contributed by atoms with Gasteiger partial charge in [-0.3, -0.25) is 4.79 Å². The third-order valence-corrected chi connectivity index (χ3v) is 6.25. The van der Waals surface area contributed by atoms with Gasteiger partial charge in [0.05, 0.1) is 17.7 Å². The van der Waals surface area contributed by atoms with E-state index in [9.17, 15) is 4.79 Å². The highest BCUT2D eigenvalue weighted by Crippen LogP contribution is 2.31. The van der Waals surface area contributed by atoms with E-state index >= 15 is 0 Å². The van der Waals surface area contributed by atoms with Crippen LogP contribution in [0.2, 0.25) is 0 Å². The Morgan fingerprint density at radius 3 is 2.08 bits per heavy atom. The molecule has 3 aliphatic rings. The Labute approximate surface area is 153 Å². The maximum absolute atomic E-state index is 12.8. The molecule has 3 fully saturated rings. The normalized spacial score (nSPS) is 31.3. The number of nitrogens with zero attached hydrogens (tertiary/aromatic N) is 1. The summed E-state index contributed by atoms with van der Waals surface area (Å²) in [4.78, 5) is 14.8. The minimum atomic E-state index is -0.578. The molecule has 0 spiro atoms. The Balaban J connectivity index is 0.00000208. The highest BCUT2D eigenvalue weighted by Gasteiger charge is 2.39. The average Bonchev–Trinajstić information content (AvgIpc) is 2.58. The zero-order valence-electron chi connectivity index (χ0n) is 15.2. The van der Waals surface area contributed by atoms with Crippen LogP contribution in [0.3, 0.4) is 0 Å². The Morgan fingerprint density at radius 1 is 0.958 bits per heavy atom. The number of ether oxygens (including phenoxy) is 1. The van der Waals surface area contributed by atoms with Crippen molar-refractivity contribution in [2.24, 2.45) is 11.7 Å². The van der Waals surface area contributed by atoms with E-state index in [1.54, 1.807) is 0 Å². The molecule has 24 heavy (non-hydrogen) atoms. The first-order valence-electron chi connectivity index (χ1n) is 9.80. The summed E-state index contributed by atoms with van der Waals surface area (Å²) in [5, 5.41) is 0. The zero-order chi connectivity index (χ0) is 16.3. The van der Waals surface area contributed by atoms with Gasteiger partial charge in [0.25, 0.3) is 0 Å². The molecule has 0 aromatic carbocycles. The standard InChI is InChI=1S/C19H34N2O2.ClH/c1-15-5-7-16(8-6-15)23-17-9-13-21(14-10-17)18(22)19(20)11-3-2-4-12-19;/h15-17H,2-14,20H2,1H3;1H. The fraction of sp³-hybridized carbons (Fsp3) is 0.947. The first-order valence-corrected chi connectivity index (χ1v) is 9.80. The van der Waals surface area contributed by atoms with Gasteiger partial charge in [0.15, 0.2) is 0 Å². The van der Waals surface area contributed by atoms with Crippen molar-refractivity contribution in [3.05, 3.63) is 0 Å². The van der Waals surface area contributed by atoms with Crippen LogP contribution in [0.1, 0.15) is 77.6 Å². The van der Waals surface area contributed by atoms with Crippen molar-refractivity contribution in [1.82, 2.24) is 4.90 Å². The van der Waals surface area contributed by atoms with Crippen LogP contribution in [0.25, 0.3) is 0 Å². The second-order valence-corrected chi connectivity index (χ2v) is 8.23. The predicted octanol–water partition coefficient (Wildman–Crippen LogP) is 3.66. The quantitative estimate of drug-likeness (QED) is 0.837. The molecule has 1 amide bonds. The second-order valence-electron chi connectivity index (χ2n) is 8.23. The topological polar surface area (TPSA) is 55.6 Å². The molecule has 2 aliphatic carbocycles. The third-order valence-electron chi connectivity index (χ3n) is 6.25. The van der Waals surface area contributed by atoms with Gasteiger partial charge in [0.2, 0.25) is 5.91 Å². The van der Waals surface area contributed by atoms with Crippen molar-refractivity contribution in [3.63, 3.8) is 0 Å². The van der Waals surface area contributed by atoms with Crippen molar-refractivity contribution in [2.45, 2.75) is 95.3 Å². The highest BCUT2D eigenvalue weighted by molar-refractivity contribution is 5.86. The molecule has 5 heteroatoms. The van der Waals surface area contributed by atoms with Gasteiger partial charge in [-0.2, -0.15) is 0 Å². The number of nitrogens with two attached hydrogens (primary N) is 1. The molecule has 2 N–H and O–H groups in total. The SMILES string of the molecule is CC1CCC(OC2CCN(C(=O)C3(N)CCCCC3)CC2)CC1.Cl. The molecule has 0 aromatic rings. The number of carbonyl (C=O) groups excluding carboxylic acids is 1. The van der Waals surface area contributed by atoms with E-state index in [0.29, 0.717) is 12.2 Å². The minimum Gasteiger partial charge on any atom is -0.375 e. The number of halogens is 1. The largest absolute Gasteiger partial charge is 0.375 e. The molecule has 1 aliphatic heterocycles. The van der Waals surface area contributed by atoms with Gasteiger partial charge < -0.3 is 15.4 Å². The lowest BCUT2D eigenvalue weighted by Crippen LogP contribution is -2.58. The summed E-state index contributed by atoms with van der Waals surface area (Å²) in [5.41, 5.74) is 5.83. The van der Waals surface area contributed by atoms with E-state index in [2.05, 4.69) is 6.92 Å². The summed E-state index contributed by atoms with van der Waals surface area (Å²) >= 11 is 0. The number of carbonyl (C=O) groups is 1. The number of amides is 1. The van der Waals surface area contributed by atoms with Gasteiger partial charge in [-0.05, 0) is 57.3 Å². The first-order chi connectivity index (χ1) is 11.1. The maximum atomic E-state index is 12.8. The summed E-state index contributed by atoms with van der Waals surface area (Å²) in [5.74, 6) is 1.06. The molecule has 0 radical (unpaired) electrons. The molecule has 0 bridgehead atoms. The van der Waals surface area contributed by atoms with Crippen molar-refractivity contribution in [1.29, 1.82) is 0 Å². The Bertz CT molecular complexity index is 396. The third kappa shape index (κ3) is 4.86. The van der Waals surface area contributed by atoms with E-state index < -0.39 is 5.54 Å². The fourth-order valence-corrected chi connectivity index (χ4v) is 4.54. The van der Waals surface area contributed by atoms with Crippen LogP contribution < -0.4 is 5.73 Å². The summed E-state index contributed by atoms with van der Waals surface area (Å²) in [7, 11) is 0. The second kappa shape index (κ2) is 8.86. The number of rotatable bonds is 3. The van der Waals surface area contributed by atoms with Crippen molar-refractivity contribution >= 4 is 18.3 Å². The molecule has 0 unspecified atom stereocenters. The van der Waals surface area contributed by atoms with Gasteiger partial charge in [-0.1, -0.05) is 26.2 Å². The maximum Gasteiger partial charge on any atom is 0.242 e. The van der Waals surface area contributed by atoms with Gasteiger partial charge >= 0.3 is 0 Å². The Morgan fingerprint density at radius 2 is 1.50 bits per heavy atom. The monoisotopic (exact) mass is 358 g/mol. The molecule has 0 aromatic heterocycles. The molecule has 4 nitrogen and oxygen atoms in total. The van der Waals surface area contributed by atoms with Crippen LogP contribution in [-0.4, -0.2) is 41.6 Å². The van der Waals surface area contributed by atoms with Crippen LogP contribution >= 0.6 is 12.4 Å². The van der Waals surface area contributed by atoms with Gasteiger partial charge in [0, 0.05) is 13.1 Å². The minimum absolute atomic E-state index is 0. The molecular weight excluding hydrogens is 324 g/mol. The van der Waals surface area contributed by atoms with E-state index in [0.717, 1.165) is 57.5 Å². The lowest BCUT2D eigenvalue weighted by atomic mass is 9.81. The van der Waals surface area contributed by atoms with E-state index in [1.807, 2.05) is 4.90 Å². The van der Waals surface area contributed by atoms with Crippen LogP contribution in [0.15, 0.2) is 0 Å². The molecule has 140 valence electrons. The first kappa shape index (κ1) is 20.0. The lowest BCUT2D eigenvalue weighted by Gasteiger charge is -2.40. The molecule has 2 saturated carbocycles. The van der Waals surface area contributed by atoms with Gasteiger partial charge in [-0.25, -0.2) is 0 Å². The average molecular weight is 359 g/mol. The molecule has 0 atom stereocenters. The van der Waals surface area contributed by atoms with Gasteiger partial charge in [0.1, 0.15) is 0 Å². The zero-order valence-corrected chi connectivity index (χ0v) is 16.0. The van der Waals surface area contributed by atoms with E-state index in [-0.39, 0.29) is 18.3 Å². The van der Waals surface area contributed by atoms with Crippen LogP contribution in [0.4, 0.5) is 0 Å². The summed E-state index contributed by atoms with van der Waals surface area (Å²) in [6.07, 6.45) is 12.9. The Hall–Kier alpha value is -0.320. The number of hydrogen-bond donors (Lipinski definition) is 1. The highest BCUT2D eigenvalue weighted by atomic mass is 35.5. The smallest absolute Gasteiger partial charge is 0.242 e. The molecular formula is C19H35ClN2O2. The lowest BCUT2D eigenvalue weighted by molar-refractivity contribution is -0.142. The fourth-order valence-electron chi connectivity index (χ4n) is 4.54. The molecule has 1 saturated heterocycles. The van der Waals surface area contributed by atoms with Gasteiger partial charge in [-0.15, -0.1) is 12.4 Å². The van der Waals surface area contributed by atoms with E-state index in [4.69, 9.17) is 10.5 Å².